The number of sulfonamides is 1. The Labute approximate surface area is 146 Å². The summed E-state index contributed by atoms with van der Waals surface area (Å²) in [5, 5.41) is 2.43. The number of anilines is 2. The van der Waals surface area contributed by atoms with Crippen molar-refractivity contribution in [3.63, 3.8) is 0 Å². The minimum atomic E-state index is -4.51. The molecule has 10 heteroatoms. The van der Waals surface area contributed by atoms with E-state index in [9.17, 15) is 26.4 Å². The summed E-state index contributed by atoms with van der Waals surface area (Å²) in [6.07, 6.45) is -4.51. The Morgan fingerprint density at radius 2 is 1.68 bits per heavy atom. The number of alkyl halides is 3. The molecule has 0 atom stereocenters. The Kier molecular flexibility index (Phi) is 5.28. The van der Waals surface area contributed by atoms with Crippen LogP contribution < -0.4 is 10.0 Å². The van der Waals surface area contributed by atoms with Crippen LogP contribution in [0, 0.1) is 0 Å². The van der Waals surface area contributed by atoms with Gasteiger partial charge in [0.15, 0.2) is 0 Å². The van der Waals surface area contributed by atoms with Crippen molar-refractivity contribution in [3.8, 4) is 0 Å². The first-order valence-corrected chi connectivity index (χ1v) is 8.62. The van der Waals surface area contributed by atoms with Gasteiger partial charge in [0.25, 0.3) is 10.0 Å². The van der Waals surface area contributed by atoms with Crippen LogP contribution >= 0.6 is 11.6 Å². The van der Waals surface area contributed by atoms with Crippen molar-refractivity contribution >= 4 is 38.9 Å². The zero-order chi connectivity index (χ0) is 18.8. The van der Waals surface area contributed by atoms with Gasteiger partial charge >= 0.3 is 6.18 Å². The van der Waals surface area contributed by atoms with E-state index in [4.69, 9.17) is 11.6 Å². The van der Waals surface area contributed by atoms with Crippen molar-refractivity contribution < 1.29 is 26.4 Å². The monoisotopic (exact) mass is 392 g/mol. The van der Waals surface area contributed by atoms with Gasteiger partial charge < -0.3 is 5.32 Å². The van der Waals surface area contributed by atoms with E-state index in [1.165, 1.54) is 19.1 Å². The molecule has 0 saturated heterocycles. The van der Waals surface area contributed by atoms with Crippen molar-refractivity contribution in [2.45, 2.75) is 18.0 Å². The number of carbonyl (C=O) groups excluding carboxylic acids is 1. The number of benzene rings is 2. The van der Waals surface area contributed by atoms with Crippen molar-refractivity contribution in [2.75, 3.05) is 10.0 Å². The van der Waals surface area contributed by atoms with E-state index in [2.05, 4.69) is 10.0 Å². The standard InChI is InChI=1S/C15H12ClF3N2O3S/c1-9(22)20-14-7-6-12(8-13(14)16)25(23,24)21-11-4-2-10(3-5-11)15(17,18)19/h2-8,21H,1H3,(H,20,22). The Morgan fingerprint density at radius 3 is 2.16 bits per heavy atom. The highest BCUT2D eigenvalue weighted by atomic mass is 35.5. The quantitative estimate of drug-likeness (QED) is 0.821. The average molecular weight is 393 g/mol. The van der Waals surface area contributed by atoms with E-state index in [0.29, 0.717) is 0 Å². The van der Waals surface area contributed by atoms with Gasteiger partial charge in [-0.1, -0.05) is 11.6 Å². The van der Waals surface area contributed by atoms with E-state index >= 15 is 0 Å². The zero-order valence-corrected chi connectivity index (χ0v) is 14.3. The molecule has 25 heavy (non-hydrogen) atoms. The highest BCUT2D eigenvalue weighted by Crippen LogP contribution is 2.31. The molecule has 0 fully saturated rings. The molecule has 0 unspecified atom stereocenters. The molecule has 0 saturated carbocycles. The predicted octanol–water partition coefficient (Wildman–Crippen LogP) is 4.12. The van der Waals surface area contributed by atoms with Gasteiger partial charge in [0.1, 0.15) is 0 Å². The van der Waals surface area contributed by atoms with E-state index < -0.39 is 21.8 Å². The van der Waals surface area contributed by atoms with Crippen molar-refractivity contribution in [2.24, 2.45) is 0 Å². The normalized spacial score (nSPS) is 11.9. The minimum absolute atomic E-state index is 0.00509. The van der Waals surface area contributed by atoms with Crippen LogP contribution in [0.5, 0.6) is 0 Å². The first-order valence-electron chi connectivity index (χ1n) is 6.76. The smallest absolute Gasteiger partial charge is 0.325 e. The van der Waals surface area contributed by atoms with E-state index in [1.807, 2.05) is 0 Å². The van der Waals surface area contributed by atoms with Crippen LogP contribution in [0.1, 0.15) is 12.5 Å². The summed E-state index contributed by atoms with van der Waals surface area (Å²) in [5.41, 5.74) is -0.684. The Hall–Kier alpha value is -2.26. The molecular formula is C15H12ClF3N2O3S. The van der Waals surface area contributed by atoms with Gasteiger partial charge in [-0.05, 0) is 42.5 Å². The maximum absolute atomic E-state index is 12.5. The van der Waals surface area contributed by atoms with Crippen molar-refractivity contribution in [1.82, 2.24) is 0 Å². The molecule has 0 radical (unpaired) electrons. The summed E-state index contributed by atoms with van der Waals surface area (Å²) in [6.45, 7) is 1.27. The molecular weight excluding hydrogens is 381 g/mol. The van der Waals surface area contributed by atoms with Gasteiger partial charge in [0, 0.05) is 12.6 Å². The second kappa shape index (κ2) is 6.93. The van der Waals surface area contributed by atoms with Gasteiger partial charge in [0.2, 0.25) is 5.91 Å². The Morgan fingerprint density at radius 1 is 1.08 bits per heavy atom. The number of halogens is 4. The van der Waals surface area contributed by atoms with E-state index in [0.717, 1.165) is 30.3 Å². The number of nitrogens with one attached hydrogen (secondary N) is 2. The molecule has 0 aliphatic rings. The third-order valence-electron chi connectivity index (χ3n) is 3.03. The van der Waals surface area contributed by atoms with Gasteiger partial charge in [0.05, 0.1) is 21.2 Å². The van der Waals surface area contributed by atoms with Crippen LogP contribution in [-0.4, -0.2) is 14.3 Å². The summed E-state index contributed by atoms with van der Waals surface area (Å²) in [7, 11) is -4.06. The average Bonchev–Trinajstić information content (AvgIpc) is 2.48. The summed E-state index contributed by atoms with van der Waals surface area (Å²) in [4.78, 5) is 10.8. The first kappa shape index (κ1) is 19.1. The summed E-state index contributed by atoms with van der Waals surface area (Å²) < 4.78 is 64.3. The number of amides is 1. The van der Waals surface area contributed by atoms with Crippen LogP contribution in [0.25, 0.3) is 0 Å². The summed E-state index contributed by atoms with van der Waals surface area (Å²) in [5.74, 6) is -0.375. The van der Waals surface area contributed by atoms with Gasteiger partial charge in [-0.25, -0.2) is 8.42 Å². The number of hydrogen-bond acceptors (Lipinski definition) is 3. The molecule has 2 aromatic carbocycles. The van der Waals surface area contributed by atoms with Crippen molar-refractivity contribution in [3.05, 3.63) is 53.1 Å². The molecule has 0 aliphatic carbocycles. The fraction of sp³-hybridized carbons (Fsp3) is 0.133. The second-order valence-corrected chi connectivity index (χ2v) is 7.09. The van der Waals surface area contributed by atoms with E-state index in [1.54, 1.807) is 0 Å². The highest BCUT2D eigenvalue weighted by Gasteiger charge is 2.30. The first-order chi connectivity index (χ1) is 11.5. The fourth-order valence-electron chi connectivity index (χ4n) is 1.90. The molecule has 0 bridgehead atoms. The molecule has 2 N–H and O–H groups in total. The lowest BCUT2D eigenvalue weighted by Crippen LogP contribution is -2.14. The van der Waals surface area contributed by atoms with Crippen LogP contribution in [0.4, 0.5) is 24.5 Å². The lowest BCUT2D eigenvalue weighted by atomic mass is 10.2. The second-order valence-electron chi connectivity index (χ2n) is 5.00. The van der Waals surface area contributed by atoms with Gasteiger partial charge in [-0.15, -0.1) is 0 Å². The molecule has 0 aliphatic heterocycles. The van der Waals surface area contributed by atoms with E-state index in [-0.39, 0.29) is 27.2 Å². The van der Waals surface area contributed by atoms with Crippen LogP contribution in [0.15, 0.2) is 47.4 Å². The molecule has 1 amide bonds. The Bertz CT molecular complexity index is 897. The molecule has 0 aromatic heterocycles. The zero-order valence-electron chi connectivity index (χ0n) is 12.7. The maximum Gasteiger partial charge on any atom is 0.416 e. The molecule has 2 rings (SSSR count). The topological polar surface area (TPSA) is 75.3 Å². The largest absolute Gasteiger partial charge is 0.416 e. The van der Waals surface area contributed by atoms with Crippen LogP contribution in [0.3, 0.4) is 0 Å². The minimum Gasteiger partial charge on any atom is -0.325 e. The molecule has 134 valence electrons. The Balaban J connectivity index is 2.24. The third kappa shape index (κ3) is 4.86. The van der Waals surface area contributed by atoms with Crippen LogP contribution in [-0.2, 0) is 21.0 Å². The highest BCUT2D eigenvalue weighted by molar-refractivity contribution is 7.92. The number of rotatable bonds is 4. The molecule has 0 spiro atoms. The molecule has 2 aromatic rings. The van der Waals surface area contributed by atoms with Crippen molar-refractivity contribution in [1.29, 1.82) is 0 Å². The number of carbonyl (C=O) groups is 1. The maximum atomic E-state index is 12.5. The molecule has 5 nitrogen and oxygen atoms in total. The summed E-state index contributed by atoms with van der Waals surface area (Å²) >= 11 is 5.92. The summed E-state index contributed by atoms with van der Waals surface area (Å²) in [6, 6.07) is 7.20. The fourth-order valence-corrected chi connectivity index (χ4v) is 3.27. The van der Waals surface area contributed by atoms with Crippen LogP contribution in [0.2, 0.25) is 5.02 Å². The van der Waals surface area contributed by atoms with Gasteiger partial charge in [-0.3, -0.25) is 9.52 Å². The number of hydrogen-bond donors (Lipinski definition) is 2. The van der Waals surface area contributed by atoms with Gasteiger partial charge in [-0.2, -0.15) is 13.2 Å². The predicted molar refractivity (Wildman–Crippen MR) is 88.0 cm³/mol. The lowest BCUT2D eigenvalue weighted by Gasteiger charge is -2.11. The third-order valence-corrected chi connectivity index (χ3v) is 4.72. The lowest BCUT2D eigenvalue weighted by molar-refractivity contribution is -0.137. The SMILES string of the molecule is CC(=O)Nc1ccc(S(=O)(=O)Nc2ccc(C(F)(F)F)cc2)cc1Cl. The molecule has 0 heterocycles.